The molecular formula is C14H14ClN3O2S. The van der Waals surface area contributed by atoms with E-state index in [0.717, 1.165) is 23.4 Å². The number of carbonyl (C=O) groups excluding carboxylic acids is 1. The molecule has 1 amide bonds. The van der Waals surface area contributed by atoms with Crippen LogP contribution in [0.5, 0.6) is 0 Å². The fourth-order valence-corrected chi connectivity index (χ4v) is 3.03. The number of hydrogen-bond acceptors (Lipinski definition) is 5. The van der Waals surface area contributed by atoms with Crippen molar-refractivity contribution in [1.29, 1.82) is 0 Å². The molecular weight excluding hydrogens is 310 g/mol. The van der Waals surface area contributed by atoms with Crippen molar-refractivity contribution in [2.24, 2.45) is 0 Å². The fraction of sp³-hybridized carbons (Fsp3) is 0.357. The summed E-state index contributed by atoms with van der Waals surface area (Å²) in [7, 11) is 0. The maximum atomic E-state index is 11.9. The van der Waals surface area contributed by atoms with Crippen LogP contribution in [0.3, 0.4) is 0 Å². The highest BCUT2D eigenvalue weighted by Gasteiger charge is 2.24. The van der Waals surface area contributed by atoms with Gasteiger partial charge in [0.05, 0.1) is 0 Å². The van der Waals surface area contributed by atoms with Crippen LogP contribution in [0.15, 0.2) is 24.3 Å². The molecule has 2 heterocycles. The molecule has 0 saturated carbocycles. The van der Waals surface area contributed by atoms with Gasteiger partial charge < -0.3 is 4.74 Å². The third kappa shape index (κ3) is 3.78. The molecule has 7 heteroatoms. The highest BCUT2D eigenvalue weighted by molar-refractivity contribution is 7.15. The number of nitrogens with one attached hydrogen (secondary N) is 1. The molecule has 0 spiro atoms. The zero-order chi connectivity index (χ0) is 14.7. The van der Waals surface area contributed by atoms with Gasteiger partial charge in [0, 0.05) is 18.1 Å². The van der Waals surface area contributed by atoms with E-state index in [1.165, 1.54) is 11.3 Å². The van der Waals surface area contributed by atoms with Gasteiger partial charge in [-0.3, -0.25) is 10.1 Å². The lowest BCUT2D eigenvalue weighted by atomic mass is 10.2. The third-order valence-electron chi connectivity index (χ3n) is 3.19. The number of hydrogen-bond donors (Lipinski definition) is 1. The van der Waals surface area contributed by atoms with Crippen molar-refractivity contribution >= 4 is 34.0 Å². The van der Waals surface area contributed by atoms with Crippen LogP contribution in [0.4, 0.5) is 5.13 Å². The van der Waals surface area contributed by atoms with Crippen LogP contribution < -0.4 is 5.32 Å². The lowest BCUT2D eigenvalue weighted by molar-refractivity contribution is -0.124. The van der Waals surface area contributed by atoms with E-state index in [-0.39, 0.29) is 12.0 Å². The summed E-state index contributed by atoms with van der Waals surface area (Å²) in [6.07, 6.45) is 2.01. The molecule has 2 aromatic rings. The minimum absolute atomic E-state index is 0.137. The molecule has 1 fully saturated rings. The van der Waals surface area contributed by atoms with Gasteiger partial charge in [-0.2, -0.15) is 0 Å². The summed E-state index contributed by atoms with van der Waals surface area (Å²) in [5.41, 5.74) is 1.10. The number of rotatable bonds is 4. The van der Waals surface area contributed by atoms with Crippen molar-refractivity contribution in [3.8, 4) is 0 Å². The summed E-state index contributed by atoms with van der Waals surface area (Å²) in [5.74, 6) is -0.137. The Labute approximate surface area is 131 Å². The summed E-state index contributed by atoms with van der Waals surface area (Å²) < 4.78 is 5.33. The minimum atomic E-state index is -0.353. The highest BCUT2D eigenvalue weighted by atomic mass is 35.5. The maximum Gasteiger partial charge on any atom is 0.255 e. The van der Waals surface area contributed by atoms with E-state index in [1.54, 1.807) is 0 Å². The van der Waals surface area contributed by atoms with Crippen molar-refractivity contribution in [2.75, 3.05) is 11.9 Å². The average Bonchev–Trinajstić information content (AvgIpc) is 3.13. The topological polar surface area (TPSA) is 64.1 Å². The molecule has 1 atom stereocenters. The van der Waals surface area contributed by atoms with Crippen molar-refractivity contribution in [1.82, 2.24) is 10.2 Å². The van der Waals surface area contributed by atoms with E-state index in [2.05, 4.69) is 15.5 Å². The van der Waals surface area contributed by atoms with E-state index < -0.39 is 0 Å². The average molecular weight is 324 g/mol. The largest absolute Gasteiger partial charge is 0.368 e. The third-order valence-corrected chi connectivity index (χ3v) is 4.28. The zero-order valence-electron chi connectivity index (χ0n) is 11.2. The number of anilines is 1. The number of carbonyl (C=O) groups is 1. The number of benzene rings is 1. The predicted octanol–water partition coefficient (Wildman–Crippen LogP) is 2.90. The standard InChI is InChI=1S/C14H14ClN3O2S/c15-10-5-3-9(4-6-10)8-12-17-18-14(21-12)16-13(19)11-2-1-7-20-11/h3-6,11H,1-2,7-8H2,(H,16,18,19)/t11-/m1/s1. The second kappa shape index (κ2) is 6.51. The summed E-state index contributed by atoms with van der Waals surface area (Å²) >= 11 is 7.23. The van der Waals surface area contributed by atoms with Crippen molar-refractivity contribution in [2.45, 2.75) is 25.4 Å². The first kappa shape index (κ1) is 14.4. The predicted molar refractivity (Wildman–Crippen MR) is 81.8 cm³/mol. The SMILES string of the molecule is O=C(Nc1nnc(Cc2ccc(Cl)cc2)s1)[C@H]1CCCO1. The molecule has 110 valence electrons. The van der Waals surface area contributed by atoms with Crippen LogP contribution >= 0.6 is 22.9 Å². The smallest absolute Gasteiger partial charge is 0.255 e. The van der Waals surface area contributed by atoms with E-state index in [0.29, 0.717) is 23.2 Å². The van der Waals surface area contributed by atoms with Crippen LogP contribution in [-0.2, 0) is 16.0 Å². The first-order chi connectivity index (χ1) is 10.2. The second-order valence-electron chi connectivity index (χ2n) is 4.80. The van der Waals surface area contributed by atoms with Gasteiger partial charge in [0.2, 0.25) is 5.13 Å². The second-order valence-corrected chi connectivity index (χ2v) is 6.29. The number of ether oxygens (including phenoxy) is 1. The lowest BCUT2D eigenvalue weighted by Gasteiger charge is -2.06. The molecule has 1 N–H and O–H groups in total. The Morgan fingerprint density at radius 1 is 1.38 bits per heavy atom. The van der Waals surface area contributed by atoms with Gasteiger partial charge in [-0.1, -0.05) is 35.1 Å². The Balaban J connectivity index is 1.60. The summed E-state index contributed by atoms with van der Waals surface area (Å²) in [5, 5.41) is 12.9. The van der Waals surface area contributed by atoms with Gasteiger partial charge in [0.15, 0.2) is 0 Å². The number of nitrogens with zero attached hydrogens (tertiary/aromatic N) is 2. The lowest BCUT2D eigenvalue weighted by Crippen LogP contribution is -2.26. The van der Waals surface area contributed by atoms with Gasteiger partial charge in [-0.15, -0.1) is 10.2 Å². The maximum absolute atomic E-state index is 11.9. The number of aromatic nitrogens is 2. The van der Waals surface area contributed by atoms with Crippen LogP contribution in [0.2, 0.25) is 5.02 Å². The highest BCUT2D eigenvalue weighted by Crippen LogP contribution is 2.21. The first-order valence-corrected chi connectivity index (χ1v) is 7.89. The Bertz CT molecular complexity index is 623. The van der Waals surface area contributed by atoms with Gasteiger partial charge in [0.25, 0.3) is 5.91 Å². The van der Waals surface area contributed by atoms with Gasteiger partial charge in [-0.25, -0.2) is 0 Å². The van der Waals surface area contributed by atoms with Crippen LogP contribution in [-0.4, -0.2) is 28.8 Å². The molecule has 0 radical (unpaired) electrons. The summed E-state index contributed by atoms with van der Waals surface area (Å²) in [6, 6.07) is 7.60. The Morgan fingerprint density at radius 3 is 2.90 bits per heavy atom. The normalized spacial score (nSPS) is 17.9. The van der Waals surface area contributed by atoms with Crippen LogP contribution in [0, 0.1) is 0 Å². The van der Waals surface area contributed by atoms with Gasteiger partial charge in [-0.05, 0) is 30.5 Å². The van der Waals surface area contributed by atoms with Crippen LogP contribution in [0.25, 0.3) is 0 Å². The molecule has 1 aliphatic rings. The monoisotopic (exact) mass is 323 g/mol. The van der Waals surface area contributed by atoms with E-state index in [9.17, 15) is 4.79 Å². The van der Waals surface area contributed by atoms with Crippen LogP contribution in [0.1, 0.15) is 23.4 Å². The van der Waals surface area contributed by atoms with Crippen molar-refractivity contribution in [3.05, 3.63) is 39.9 Å². The Morgan fingerprint density at radius 2 is 2.19 bits per heavy atom. The molecule has 0 unspecified atom stereocenters. The van der Waals surface area contributed by atoms with Gasteiger partial charge >= 0.3 is 0 Å². The molecule has 0 bridgehead atoms. The van der Waals surface area contributed by atoms with Gasteiger partial charge in [0.1, 0.15) is 11.1 Å². The van der Waals surface area contributed by atoms with Crippen molar-refractivity contribution in [3.63, 3.8) is 0 Å². The van der Waals surface area contributed by atoms with E-state index >= 15 is 0 Å². The van der Waals surface area contributed by atoms with E-state index in [4.69, 9.17) is 16.3 Å². The molecule has 21 heavy (non-hydrogen) atoms. The number of halogens is 1. The molecule has 1 aliphatic heterocycles. The Kier molecular flexibility index (Phi) is 4.48. The quantitative estimate of drug-likeness (QED) is 0.939. The minimum Gasteiger partial charge on any atom is -0.368 e. The first-order valence-electron chi connectivity index (χ1n) is 6.70. The Hall–Kier alpha value is -1.50. The fourth-order valence-electron chi connectivity index (χ4n) is 2.12. The number of amides is 1. The van der Waals surface area contributed by atoms with E-state index in [1.807, 2.05) is 24.3 Å². The summed E-state index contributed by atoms with van der Waals surface area (Å²) in [6.45, 7) is 0.649. The molecule has 1 aromatic heterocycles. The molecule has 0 aliphatic carbocycles. The zero-order valence-corrected chi connectivity index (χ0v) is 12.8. The molecule has 1 saturated heterocycles. The summed E-state index contributed by atoms with van der Waals surface area (Å²) in [4.78, 5) is 11.9. The van der Waals surface area contributed by atoms with Crippen molar-refractivity contribution < 1.29 is 9.53 Å². The molecule has 5 nitrogen and oxygen atoms in total. The molecule has 1 aromatic carbocycles. The molecule has 3 rings (SSSR count).